The van der Waals surface area contributed by atoms with Crippen molar-refractivity contribution in [2.45, 2.75) is 25.7 Å². The maximum Gasteiger partial charge on any atom is 0.252 e. The third-order valence-corrected chi connectivity index (χ3v) is 5.21. The van der Waals surface area contributed by atoms with Gasteiger partial charge in [-0.15, -0.1) is 11.6 Å². The first-order valence-electron chi connectivity index (χ1n) is 6.36. The summed E-state index contributed by atoms with van der Waals surface area (Å²) >= 11 is 15.3. The highest BCUT2D eigenvalue weighted by molar-refractivity contribution is 9.10. The van der Waals surface area contributed by atoms with Crippen molar-refractivity contribution in [3.63, 3.8) is 0 Å². The first-order valence-corrected chi connectivity index (χ1v) is 8.06. The maximum atomic E-state index is 12.2. The SMILES string of the molecule is O=C(NCC1(CCl)CCCC1)c1ccc(Cl)cc1Br. The van der Waals surface area contributed by atoms with Crippen LogP contribution in [-0.4, -0.2) is 18.3 Å². The molecule has 0 bridgehead atoms. The Morgan fingerprint density at radius 1 is 1.37 bits per heavy atom. The van der Waals surface area contributed by atoms with Gasteiger partial charge in [-0.3, -0.25) is 4.79 Å². The normalized spacial score (nSPS) is 17.4. The van der Waals surface area contributed by atoms with E-state index in [1.54, 1.807) is 18.2 Å². The molecule has 0 radical (unpaired) electrons. The van der Waals surface area contributed by atoms with E-state index >= 15 is 0 Å². The second kappa shape index (κ2) is 6.47. The molecule has 0 atom stereocenters. The lowest BCUT2D eigenvalue weighted by Crippen LogP contribution is -2.37. The first kappa shape index (κ1) is 15.1. The van der Waals surface area contributed by atoms with E-state index in [2.05, 4.69) is 21.2 Å². The number of amides is 1. The van der Waals surface area contributed by atoms with Gasteiger partial charge < -0.3 is 5.32 Å². The molecule has 1 aromatic rings. The molecule has 1 aliphatic carbocycles. The largest absolute Gasteiger partial charge is 0.351 e. The van der Waals surface area contributed by atoms with Crippen LogP contribution in [0.4, 0.5) is 0 Å². The van der Waals surface area contributed by atoms with Gasteiger partial charge in [-0.1, -0.05) is 24.4 Å². The molecule has 0 aromatic heterocycles. The summed E-state index contributed by atoms with van der Waals surface area (Å²) in [5.74, 6) is 0.523. The number of benzene rings is 1. The molecule has 1 N–H and O–H groups in total. The molecule has 5 heteroatoms. The molecule has 104 valence electrons. The summed E-state index contributed by atoms with van der Waals surface area (Å²) in [6.45, 7) is 0.643. The number of alkyl halides is 1. The number of rotatable bonds is 4. The standard InChI is InChI=1S/C14H16BrCl2NO/c15-12-7-10(17)3-4-11(12)13(19)18-9-14(8-16)5-1-2-6-14/h3-4,7H,1-2,5-6,8-9H2,(H,18,19). The second-order valence-corrected chi connectivity index (χ2v) is 6.71. The number of hydrogen-bond acceptors (Lipinski definition) is 1. The number of carbonyl (C=O) groups is 1. The molecule has 0 heterocycles. The predicted molar refractivity (Wildman–Crippen MR) is 83.1 cm³/mol. The fourth-order valence-corrected chi connectivity index (χ4v) is 3.74. The van der Waals surface area contributed by atoms with Crippen molar-refractivity contribution in [1.82, 2.24) is 5.32 Å². The minimum atomic E-state index is -0.0834. The average Bonchev–Trinajstić information content (AvgIpc) is 2.85. The molecule has 2 rings (SSSR count). The van der Waals surface area contributed by atoms with Gasteiger partial charge in [0.05, 0.1) is 5.56 Å². The van der Waals surface area contributed by atoms with Crippen LogP contribution in [-0.2, 0) is 0 Å². The summed E-state index contributed by atoms with van der Waals surface area (Å²) in [6.07, 6.45) is 4.59. The number of hydrogen-bond donors (Lipinski definition) is 1. The Balaban J connectivity index is 2.01. The Bertz CT molecular complexity index is 473. The van der Waals surface area contributed by atoms with Gasteiger partial charge in [-0.2, -0.15) is 0 Å². The molecular weight excluding hydrogens is 349 g/mol. The van der Waals surface area contributed by atoms with E-state index < -0.39 is 0 Å². The molecule has 1 aliphatic rings. The molecule has 0 saturated heterocycles. The van der Waals surface area contributed by atoms with Gasteiger partial charge >= 0.3 is 0 Å². The van der Waals surface area contributed by atoms with Gasteiger partial charge in [-0.05, 0) is 47.0 Å². The van der Waals surface area contributed by atoms with E-state index in [0.29, 0.717) is 27.5 Å². The van der Waals surface area contributed by atoms with Crippen LogP contribution < -0.4 is 5.32 Å². The highest BCUT2D eigenvalue weighted by Gasteiger charge is 2.33. The molecule has 1 saturated carbocycles. The minimum Gasteiger partial charge on any atom is -0.351 e. The summed E-state index contributed by atoms with van der Waals surface area (Å²) < 4.78 is 0.712. The lowest BCUT2D eigenvalue weighted by molar-refractivity contribution is 0.0934. The second-order valence-electron chi connectivity index (χ2n) is 5.15. The molecule has 0 aliphatic heterocycles. The van der Waals surface area contributed by atoms with Crippen LogP contribution in [0.25, 0.3) is 0 Å². The fourth-order valence-electron chi connectivity index (χ4n) is 2.52. The third-order valence-electron chi connectivity index (χ3n) is 3.75. The first-order chi connectivity index (χ1) is 9.06. The molecule has 2 nitrogen and oxygen atoms in total. The molecule has 0 spiro atoms. The zero-order valence-corrected chi connectivity index (χ0v) is 13.6. The van der Waals surface area contributed by atoms with Crippen LogP contribution in [0, 0.1) is 5.41 Å². The van der Waals surface area contributed by atoms with Crippen molar-refractivity contribution >= 4 is 45.0 Å². The topological polar surface area (TPSA) is 29.1 Å². The summed E-state index contributed by atoms with van der Waals surface area (Å²) in [5, 5.41) is 3.60. The molecule has 0 unspecified atom stereocenters. The molecular formula is C14H16BrCl2NO. The summed E-state index contributed by atoms with van der Waals surface area (Å²) in [7, 11) is 0. The van der Waals surface area contributed by atoms with Crippen LogP contribution in [0.1, 0.15) is 36.0 Å². The van der Waals surface area contributed by atoms with E-state index in [1.807, 2.05) is 0 Å². The molecule has 19 heavy (non-hydrogen) atoms. The van der Waals surface area contributed by atoms with Gasteiger partial charge in [0, 0.05) is 27.3 Å². The summed E-state index contributed by atoms with van der Waals surface area (Å²) in [5.41, 5.74) is 0.683. The lowest BCUT2D eigenvalue weighted by atomic mass is 9.88. The van der Waals surface area contributed by atoms with Crippen molar-refractivity contribution < 1.29 is 4.79 Å². The third kappa shape index (κ3) is 3.65. The van der Waals surface area contributed by atoms with Crippen molar-refractivity contribution in [1.29, 1.82) is 0 Å². The number of carbonyl (C=O) groups excluding carboxylic acids is 1. The van der Waals surface area contributed by atoms with Gasteiger partial charge in [0.1, 0.15) is 0 Å². The Morgan fingerprint density at radius 2 is 2.05 bits per heavy atom. The molecule has 1 amide bonds. The molecule has 1 aromatic carbocycles. The predicted octanol–water partition coefficient (Wildman–Crippen LogP) is 4.63. The van der Waals surface area contributed by atoms with Crippen molar-refractivity contribution in [3.8, 4) is 0 Å². The summed E-state index contributed by atoms with van der Waals surface area (Å²) in [6, 6.07) is 5.17. The maximum absolute atomic E-state index is 12.2. The van der Waals surface area contributed by atoms with E-state index in [-0.39, 0.29) is 11.3 Å². The zero-order chi connectivity index (χ0) is 13.9. The van der Waals surface area contributed by atoms with Gasteiger partial charge in [-0.25, -0.2) is 0 Å². The van der Waals surface area contributed by atoms with Gasteiger partial charge in [0.2, 0.25) is 0 Å². The van der Waals surface area contributed by atoms with Gasteiger partial charge in [0.15, 0.2) is 0 Å². The van der Waals surface area contributed by atoms with Gasteiger partial charge in [0.25, 0.3) is 5.91 Å². The number of nitrogens with one attached hydrogen (secondary N) is 1. The monoisotopic (exact) mass is 363 g/mol. The lowest BCUT2D eigenvalue weighted by Gasteiger charge is -2.26. The van der Waals surface area contributed by atoms with E-state index in [4.69, 9.17) is 23.2 Å². The Kier molecular flexibility index (Phi) is 5.15. The van der Waals surface area contributed by atoms with E-state index in [0.717, 1.165) is 12.8 Å². The average molecular weight is 365 g/mol. The Morgan fingerprint density at radius 3 is 2.63 bits per heavy atom. The van der Waals surface area contributed by atoms with E-state index in [1.165, 1.54) is 12.8 Å². The minimum absolute atomic E-state index is 0.0795. The van der Waals surface area contributed by atoms with Crippen LogP contribution in [0.5, 0.6) is 0 Å². The van der Waals surface area contributed by atoms with Crippen LogP contribution in [0.2, 0.25) is 5.02 Å². The Labute approximate surface area is 132 Å². The zero-order valence-electron chi connectivity index (χ0n) is 10.5. The number of halogens is 3. The highest BCUT2D eigenvalue weighted by Crippen LogP contribution is 2.38. The van der Waals surface area contributed by atoms with Crippen LogP contribution >= 0.6 is 39.1 Å². The summed E-state index contributed by atoms with van der Waals surface area (Å²) in [4.78, 5) is 12.2. The fraction of sp³-hybridized carbons (Fsp3) is 0.500. The van der Waals surface area contributed by atoms with Crippen molar-refractivity contribution in [3.05, 3.63) is 33.3 Å². The highest BCUT2D eigenvalue weighted by atomic mass is 79.9. The van der Waals surface area contributed by atoms with E-state index in [9.17, 15) is 4.79 Å². The smallest absolute Gasteiger partial charge is 0.252 e. The van der Waals surface area contributed by atoms with Crippen LogP contribution in [0.15, 0.2) is 22.7 Å². The quantitative estimate of drug-likeness (QED) is 0.775. The molecule has 1 fully saturated rings. The van der Waals surface area contributed by atoms with Crippen molar-refractivity contribution in [2.75, 3.05) is 12.4 Å². The van der Waals surface area contributed by atoms with Crippen LogP contribution in [0.3, 0.4) is 0 Å². The Hall–Kier alpha value is -0.250. The van der Waals surface area contributed by atoms with Crippen molar-refractivity contribution in [2.24, 2.45) is 5.41 Å².